The van der Waals surface area contributed by atoms with Gasteiger partial charge in [-0.25, -0.2) is 4.68 Å². The zero-order chi connectivity index (χ0) is 13.8. The quantitative estimate of drug-likeness (QED) is 0.892. The van der Waals surface area contributed by atoms with Gasteiger partial charge in [0.15, 0.2) is 0 Å². The van der Waals surface area contributed by atoms with Gasteiger partial charge in [0, 0.05) is 10.2 Å². The molecular formula is C12H13BrN4O2. The predicted molar refractivity (Wildman–Crippen MR) is 73.5 cm³/mol. The van der Waals surface area contributed by atoms with Crippen LogP contribution in [0.1, 0.15) is 11.3 Å². The molecule has 19 heavy (non-hydrogen) atoms. The monoisotopic (exact) mass is 324 g/mol. The van der Waals surface area contributed by atoms with Crippen molar-refractivity contribution in [3.8, 4) is 0 Å². The minimum atomic E-state index is -0.198. The highest BCUT2D eigenvalue weighted by molar-refractivity contribution is 9.10. The number of nitrogens with one attached hydrogen (secondary N) is 1. The van der Waals surface area contributed by atoms with Crippen molar-refractivity contribution in [2.24, 2.45) is 0 Å². The van der Waals surface area contributed by atoms with Gasteiger partial charge in [0.25, 0.3) is 0 Å². The van der Waals surface area contributed by atoms with E-state index in [1.165, 1.54) is 10.9 Å². The molecule has 1 amide bonds. The first-order valence-electron chi connectivity index (χ1n) is 5.64. The second kappa shape index (κ2) is 5.94. The predicted octanol–water partition coefficient (Wildman–Crippen LogP) is 1.48. The summed E-state index contributed by atoms with van der Waals surface area (Å²) in [6.07, 6.45) is 1.53. The Bertz CT molecular complexity index is 597. The average molecular weight is 325 g/mol. The number of hydrogen-bond donors (Lipinski definition) is 2. The molecule has 2 N–H and O–H groups in total. The number of aromatic nitrogens is 3. The van der Waals surface area contributed by atoms with E-state index in [9.17, 15) is 4.79 Å². The van der Waals surface area contributed by atoms with Gasteiger partial charge in [0.1, 0.15) is 12.2 Å². The van der Waals surface area contributed by atoms with Crippen LogP contribution in [0.2, 0.25) is 0 Å². The molecule has 1 heterocycles. The number of halogens is 1. The first kappa shape index (κ1) is 13.7. The normalized spacial score (nSPS) is 10.5. The number of carbonyl (C=O) groups is 1. The summed E-state index contributed by atoms with van der Waals surface area (Å²) in [6.45, 7) is 1.82. The Labute approximate surface area is 118 Å². The molecule has 7 heteroatoms. The third kappa shape index (κ3) is 3.62. The first-order valence-corrected chi connectivity index (χ1v) is 6.43. The third-order valence-corrected chi connectivity index (χ3v) is 3.39. The van der Waals surface area contributed by atoms with Crippen molar-refractivity contribution < 1.29 is 9.90 Å². The maximum absolute atomic E-state index is 11.8. The summed E-state index contributed by atoms with van der Waals surface area (Å²) in [7, 11) is 0. The lowest BCUT2D eigenvalue weighted by Gasteiger charge is -2.06. The Balaban J connectivity index is 1.98. The fraction of sp³-hybridized carbons (Fsp3) is 0.250. The zero-order valence-corrected chi connectivity index (χ0v) is 11.9. The van der Waals surface area contributed by atoms with Gasteiger partial charge < -0.3 is 10.4 Å². The minimum absolute atomic E-state index is 0.0577. The maximum Gasteiger partial charge on any atom is 0.246 e. The van der Waals surface area contributed by atoms with E-state index in [0.29, 0.717) is 5.69 Å². The number of aliphatic hydroxyl groups excluding tert-OH is 1. The van der Waals surface area contributed by atoms with E-state index < -0.39 is 0 Å². The van der Waals surface area contributed by atoms with E-state index in [0.717, 1.165) is 15.7 Å². The lowest BCUT2D eigenvalue weighted by atomic mass is 10.2. The molecule has 0 fully saturated rings. The molecular weight excluding hydrogens is 312 g/mol. The highest BCUT2D eigenvalue weighted by Gasteiger charge is 2.06. The zero-order valence-electron chi connectivity index (χ0n) is 10.3. The lowest BCUT2D eigenvalue weighted by molar-refractivity contribution is -0.116. The van der Waals surface area contributed by atoms with Crippen molar-refractivity contribution in [3.05, 3.63) is 40.1 Å². The van der Waals surface area contributed by atoms with Crippen LogP contribution in [0.5, 0.6) is 0 Å². The van der Waals surface area contributed by atoms with Gasteiger partial charge in [-0.3, -0.25) is 4.79 Å². The molecule has 0 aliphatic carbocycles. The lowest BCUT2D eigenvalue weighted by Crippen LogP contribution is -2.19. The van der Waals surface area contributed by atoms with E-state index in [4.69, 9.17) is 5.11 Å². The first-order chi connectivity index (χ1) is 9.08. The Morgan fingerprint density at radius 1 is 1.53 bits per heavy atom. The van der Waals surface area contributed by atoms with E-state index in [1.54, 1.807) is 0 Å². The topological polar surface area (TPSA) is 80.0 Å². The van der Waals surface area contributed by atoms with Crippen LogP contribution in [-0.2, 0) is 17.9 Å². The molecule has 6 nitrogen and oxygen atoms in total. The molecule has 0 saturated carbocycles. The summed E-state index contributed by atoms with van der Waals surface area (Å²) < 4.78 is 2.38. The number of benzene rings is 1. The second-order valence-electron chi connectivity index (χ2n) is 4.08. The van der Waals surface area contributed by atoms with Crippen molar-refractivity contribution in [1.82, 2.24) is 15.0 Å². The van der Waals surface area contributed by atoms with Crippen LogP contribution in [0.3, 0.4) is 0 Å². The van der Waals surface area contributed by atoms with Gasteiger partial charge in [0.2, 0.25) is 5.91 Å². The highest BCUT2D eigenvalue weighted by atomic mass is 79.9. The molecule has 1 aromatic carbocycles. The molecule has 0 spiro atoms. The molecule has 0 bridgehead atoms. The Morgan fingerprint density at radius 3 is 2.95 bits per heavy atom. The van der Waals surface area contributed by atoms with Crippen LogP contribution >= 0.6 is 15.9 Å². The number of amides is 1. The molecule has 0 atom stereocenters. The fourth-order valence-corrected chi connectivity index (χ4v) is 1.80. The number of aliphatic hydroxyl groups is 1. The van der Waals surface area contributed by atoms with Crippen LogP contribution in [0.25, 0.3) is 0 Å². The van der Waals surface area contributed by atoms with Crippen LogP contribution in [0.15, 0.2) is 28.9 Å². The minimum Gasteiger partial charge on any atom is -0.390 e. The molecule has 0 radical (unpaired) electrons. The fourth-order valence-electron chi connectivity index (χ4n) is 1.56. The van der Waals surface area contributed by atoms with Crippen molar-refractivity contribution in [2.45, 2.75) is 20.1 Å². The van der Waals surface area contributed by atoms with E-state index in [1.807, 2.05) is 25.1 Å². The molecule has 0 unspecified atom stereocenters. The van der Waals surface area contributed by atoms with Gasteiger partial charge >= 0.3 is 0 Å². The van der Waals surface area contributed by atoms with Gasteiger partial charge in [-0.1, -0.05) is 21.1 Å². The molecule has 0 aliphatic heterocycles. The third-order valence-electron chi connectivity index (χ3n) is 2.50. The molecule has 0 aliphatic rings. The van der Waals surface area contributed by atoms with Crippen LogP contribution in [0, 0.1) is 6.92 Å². The number of hydrogen-bond acceptors (Lipinski definition) is 4. The standard InChI is InChI=1S/C12H13BrN4O2/c1-8-4-9(2-3-11(8)13)14-12(19)6-17-5-10(7-18)15-16-17/h2-5,18H,6-7H2,1H3,(H,14,19). The van der Waals surface area contributed by atoms with E-state index >= 15 is 0 Å². The van der Waals surface area contributed by atoms with Crippen molar-refractivity contribution >= 4 is 27.5 Å². The molecule has 0 saturated heterocycles. The van der Waals surface area contributed by atoms with E-state index in [-0.39, 0.29) is 19.1 Å². The van der Waals surface area contributed by atoms with Gasteiger partial charge in [-0.15, -0.1) is 5.10 Å². The van der Waals surface area contributed by atoms with Gasteiger partial charge in [-0.05, 0) is 30.7 Å². The highest BCUT2D eigenvalue weighted by Crippen LogP contribution is 2.19. The second-order valence-corrected chi connectivity index (χ2v) is 4.93. The SMILES string of the molecule is Cc1cc(NC(=O)Cn2cc(CO)nn2)ccc1Br. The summed E-state index contributed by atoms with van der Waals surface area (Å²) in [4.78, 5) is 11.8. The summed E-state index contributed by atoms with van der Waals surface area (Å²) in [5.41, 5.74) is 2.21. The maximum atomic E-state index is 11.8. The average Bonchev–Trinajstić information content (AvgIpc) is 2.81. The van der Waals surface area contributed by atoms with Crippen LogP contribution < -0.4 is 5.32 Å². The van der Waals surface area contributed by atoms with Crippen molar-refractivity contribution in [3.63, 3.8) is 0 Å². The number of nitrogens with zero attached hydrogens (tertiary/aromatic N) is 3. The number of carbonyl (C=O) groups excluding carboxylic acids is 1. The Morgan fingerprint density at radius 2 is 2.32 bits per heavy atom. The Kier molecular flexibility index (Phi) is 4.28. The number of aryl methyl sites for hydroxylation is 1. The molecule has 2 aromatic rings. The number of anilines is 1. The number of rotatable bonds is 4. The summed E-state index contributed by atoms with van der Waals surface area (Å²) >= 11 is 3.40. The summed E-state index contributed by atoms with van der Waals surface area (Å²) in [5.74, 6) is -0.198. The van der Waals surface area contributed by atoms with Gasteiger partial charge in [-0.2, -0.15) is 0 Å². The Hall–Kier alpha value is -1.73. The molecule has 1 aromatic heterocycles. The molecule has 2 rings (SSSR count). The summed E-state index contributed by atoms with van der Waals surface area (Å²) in [5, 5.41) is 19.1. The smallest absolute Gasteiger partial charge is 0.246 e. The van der Waals surface area contributed by atoms with Crippen molar-refractivity contribution in [1.29, 1.82) is 0 Å². The van der Waals surface area contributed by atoms with Gasteiger partial charge in [0.05, 0.1) is 12.8 Å². The van der Waals surface area contributed by atoms with Crippen LogP contribution in [0.4, 0.5) is 5.69 Å². The largest absolute Gasteiger partial charge is 0.390 e. The van der Waals surface area contributed by atoms with E-state index in [2.05, 4.69) is 31.6 Å². The van der Waals surface area contributed by atoms with Crippen LogP contribution in [-0.4, -0.2) is 26.0 Å². The molecule has 100 valence electrons. The van der Waals surface area contributed by atoms with Crippen molar-refractivity contribution in [2.75, 3.05) is 5.32 Å². The summed E-state index contributed by atoms with van der Waals surface area (Å²) in [6, 6.07) is 5.57.